The van der Waals surface area contributed by atoms with Gasteiger partial charge in [0.25, 0.3) is 0 Å². The molecule has 1 N–H and O–H groups in total. The fourth-order valence-corrected chi connectivity index (χ4v) is 2.60. The minimum Gasteiger partial charge on any atom is -0.497 e. The Balaban J connectivity index is 2.02. The first-order chi connectivity index (χ1) is 11.0. The van der Waals surface area contributed by atoms with E-state index in [1.54, 1.807) is 44.6 Å². The van der Waals surface area contributed by atoms with E-state index in [9.17, 15) is 4.79 Å². The number of halogens is 2. The Hall–Kier alpha value is -1.91. The third-order valence-electron chi connectivity index (χ3n) is 3.32. The summed E-state index contributed by atoms with van der Waals surface area (Å²) in [4.78, 5) is 12.2. The lowest BCUT2D eigenvalue weighted by molar-refractivity contribution is -0.116. The number of carbonyl (C=O) groups excluding carboxylic acids is 1. The number of ether oxygens (including phenoxy) is 2. The molecule has 0 spiro atoms. The van der Waals surface area contributed by atoms with Crippen LogP contribution in [0, 0.1) is 0 Å². The summed E-state index contributed by atoms with van der Waals surface area (Å²) in [5.74, 6) is 1.08. The Kier molecular flexibility index (Phi) is 6.13. The Morgan fingerprint density at radius 2 is 1.87 bits per heavy atom. The van der Waals surface area contributed by atoms with E-state index in [1.165, 1.54) is 0 Å². The number of carbonyl (C=O) groups is 1. The SMILES string of the molecule is COc1ccc(OC)c(NC(=O)CCc2ccc(Cl)cc2Cl)c1. The van der Waals surface area contributed by atoms with Crippen LogP contribution >= 0.6 is 23.2 Å². The average molecular weight is 354 g/mol. The lowest BCUT2D eigenvalue weighted by atomic mass is 10.1. The van der Waals surface area contributed by atoms with Crippen LogP contribution in [0.25, 0.3) is 0 Å². The van der Waals surface area contributed by atoms with Gasteiger partial charge in [-0.25, -0.2) is 0 Å². The monoisotopic (exact) mass is 353 g/mol. The molecule has 2 aromatic rings. The fourth-order valence-electron chi connectivity index (χ4n) is 2.10. The molecule has 0 radical (unpaired) electrons. The smallest absolute Gasteiger partial charge is 0.224 e. The quantitative estimate of drug-likeness (QED) is 0.826. The van der Waals surface area contributed by atoms with Crippen molar-refractivity contribution in [1.29, 1.82) is 0 Å². The van der Waals surface area contributed by atoms with E-state index in [0.29, 0.717) is 40.1 Å². The second kappa shape index (κ2) is 8.09. The van der Waals surface area contributed by atoms with E-state index in [1.807, 2.05) is 6.07 Å². The molecule has 2 rings (SSSR count). The molecule has 0 bridgehead atoms. The first-order valence-corrected chi connectivity index (χ1v) is 7.75. The fraction of sp³-hybridized carbons (Fsp3) is 0.235. The molecule has 0 saturated heterocycles. The van der Waals surface area contributed by atoms with Crippen LogP contribution < -0.4 is 14.8 Å². The van der Waals surface area contributed by atoms with E-state index in [0.717, 1.165) is 5.56 Å². The van der Waals surface area contributed by atoms with E-state index >= 15 is 0 Å². The summed E-state index contributed by atoms with van der Waals surface area (Å²) >= 11 is 12.0. The van der Waals surface area contributed by atoms with E-state index in [4.69, 9.17) is 32.7 Å². The standard InChI is InChI=1S/C17H17Cl2NO3/c1-22-13-6-7-16(23-2)15(10-13)20-17(21)8-4-11-3-5-12(18)9-14(11)19/h3,5-7,9-10H,4,8H2,1-2H3,(H,20,21). The molecule has 122 valence electrons. The van der Waals surface area contributed by atoms with E-state index < -0.39 is 0 Å². The Morgan fingerprint density at radius 3 is 2.52 bits per heavy atom. The number of amides is 1. The normalized spacial score (nSPS) is 10.3. The maximum atomic E-state index is 12.2. The molecule has 0 aliphatic rings. The van der Waals surface area contributed by atoms with Crippen molar-refractivity contribution in [3.05, 3.63) is 52.0 Å². The predicted octanol–water partition coefficient (Wildman–Crippen LogP) is 4.58. The summed E-state index contributed by atoms with van der Waals surface area (Å²) in [6, 6.07) is 10.5. The number of rotatable bonds is 6. The zero-order valence-electron chi connectivity index (χ0n) is 12.9. The number of hydrogen-bond acceptors (Lipinski definition) is 3. The highest BCUT2D eigenvalue weighted by Gasteiger charge is 2.10. The minimum absolute atomic E-state index is 0.137. The van der Waals surface area contributed by atoms with Crippen LogP contribution in [0.3, 0.4) is 0 Å². The number of benzene rings is 2. The van der Waals surface area contributed by atoms with Gasteiger partial charge in [0.05, 0.1) is 19.9 Å². The summed E-state index contributed by atoms with van der Waals surface area (Å²) in [7, 11) is 3.11. The maximum Gasteiger partial charge on any atom is 0.224 e. The van der Waals surface area contributed by atoms with Gasteiger partial charge < -0.3 is 14.8 Å². The van der Waals surface area contributed by atoms with Crippen molar-refractivity contribution in [2.24, 2.45) is 0 Å². The molecule has 0 heterocycles. The lowest BCUT2D eigenvalue weighted by Gasteiger charge is -2.12. The van der Waals surface area contributed by atoms with Crippen LogP contribution in [0.1, 0.15) is 12.0 Å². The number of methoxy groups -OCH3 is 2. The molecule has 4 nitrogen and oxygen atoms in total. The summed E-state index contributed by atoms with van der Waals surface area (Å²) in [6.45, 7) is 0. The van der Waals surface area contributed by atoms with Gasteiger partial charge in [0, 0.05) is 22.5 Å². The van der Waals surface area contributed by atoms with Gasteiger partial charge in [0.15, 0.2) is 0 Å². The highest BCUT2D eigenvalue weighted by atomic mass is 35.5. The number of nitrogens with one attached hydrogen (secondary N) is 1. The summed E-state index contributed by atoms with van der Waals surface area (Å²) in [5.41, 5.74) is 1.45. The van der Waals surface area contributed by atoms with Crippen molar-refractivity contribution in [2.45, 2.75) is 12.8 Å². The molecule has 6 heteroatoms. The van der Waals surface area contributed by atoms with Crippen molar-refractivity contribution < 1.29 is 14.3 Å². The van der Waals surface area contributed by atoms with Gasteiger partial charge in [-0.2, -0.15) is 0 Å². The first-order valence-electron chi connectivity index (χ1n) is 6.99. The predicted molar refractivity (Wildman–Crippen MR) is 93.0 cm³/mol. The molecule has 0 aliphatic heterocycles. The Morgan fingerprint density at radius 1 is 1.09 bits per heavy atom. The molecular formula is C17H17Cl2NO3. The van der Waals surface area contributed by atoms with Crippen molar-refractivity contribution in [3.8, 4) is 11.5 Å². The minimum atomic E-state index is -0.137. The number of anilines is 1. The summed E-state index contributed by atoms with van der Waals surface area (Å²) < 4.78 is 10.4. The molecule has 0 unspecified atom stereocenters. The molecule has 0 aliphatic carbocycles. The molecule has 23 heavy (non-hydrogen) atoms. The third-order valence-corrected chi connectivity index (χ3v) is 3.90. The number of aryl methyl sites for hydroxylation is 1. The van der Waals surface area contributed by atoms with Crippen molar-refractivity contribution in [3.63, 3.8) is 0 Å². The second-order valence-corrected chi connectivity index (χ2v) is 5.69. The highest BCUT2D eigenvalue weighted by Crippen LogP contribution is 2.29. The van der Waals surface area contributed by atoms with Crippen molar-refractivity contribution in [2.75, 3.05) is 19.5 Å². The van der Waals surface area contributed by atoms with E-state index in [2.05, 4.69) is 5.32 Å². The first kappa shape index (κ1) is 17.4. The van der Waals surface area contributed by atoms with Gasteiger partial charge >= 0.3 is 0 Å². The van der Waals surface area contributed by atoms with Crippen LogP contribution in [0.5, 0.6) is 11.5 Å². The second-order valence-electron chi connectivity index (χ2n) is 4.85. The largest absolute Gasteiger partial charge is 0.497 e. The highest BCUT2D eigenvalue weighted by molar-refractivity contribution is 6.35. The topological polar surface area (TPSA) is 47.6 Å². The van der Waals surface area contributed by atoms with Gasteiger partial charge in [-0.05, 0) is 36.2 Å². The van der Waals surface area contributed by atoms with Crippen LogP contribution in [0.15, 0.2) is 36.4 Å². The Bertz CT molecular complexity index is 704. The maximum absolute atomic E-state index is 12.2. The van der Waals surface area contributed by atoms with Crippen LogP contribution in [-0.4, -0.2) is 20.1 Å². The summed E-state index contributed by atoms with van der Waals surface area (Å²) in [5, 5.41) is 3.96. The zero-order chi connectivity index (χ0) is 16.8. The van der Waals surface area contributed by atoms with Gasteiger partial charge in [-0.1, -0.05) is 29.3 Å². The molecule has 2 aromatic carbocycles. The zero-order valence-corrected chi connectivity index (χ0v) is 14.4. The number of hydrogen-bond donors (Lipinski definition) is 1. The third kappa shape index (κ3) is 4.78. The van der Waals surface area contributed by atoms with E-state index in [-0.39, 0.29) is 5.91 Å². The van der Waals surface area contributed by atoms with Gasteiger partial charge in [-0.15, -0.1) is 0 Å². The summed E-state index contributed by atoms with van der Waals surface area (Å²) in [6.07, 6.45) is 0.815. The van der Waals surface area contributed by atoms with Crippen molar-refractivity contribution in [1.82, 2.24) is 0 Å². The average Bonchev–Trinajstić information content (AvgIpc) is 2.54. The lowest BCUT2D eigenvalue weighted by Crippen LogP contribution is -2.13. The van der Waals surface area contributed by atoms with Crippen LogP contribution in [-0.2, 0) is 11.2 Å². The molecule has 0 atom stereocenters. The Labute approximate surface area is 145 Å². The van der Waals surface area contributed by atoms with Crippen LogP contribution in [0.4, 0.5) is 5.69 Å². The molecule has 0 saturated carbocycles. The molecule has 0 aromatic heterocycles. The van der Waals surface area contributed by atoms with Gasteiger partial charge in [0.2, 0.25) is 5.91 Å². The van der Waals surface area contributed by atoms with Gasteiger partial charge in [0.1, 0.15) is 11.5 Å². The molecular weight excluding hydrogens is 337 g/mol. The van der Waals surface area contributed by atoms with Crippen molar-refractivity contribution >= 4 is 34.8 Å². The van der Waals surface area contributed by atoms with Crippen LogP contribution in [0.2, 0.25) is 10.0 Å². The van der Waals surface area contributed by atoms with Gasteiger partial charge in [-0.3, -0.25) is 4.79 Å². The molecule has 0 fully saturated rings. The molecule has 1 amide bonds.